The number of rotatable bonds is 4. The lowest BCUT2D eigenvalue weighted by molar-refractivity contribution is 0.136. The molecule has 0 spiro atoms. The first-order valence-corrected chi connectivity index (χ1v) is 6.23. The highest BCUT2D eigenvalue weighted by Crippen LogP contribution is 2.23. The van der Waals surface area contributed by atoms with Crippen molar-refractivity contribution in [2.45, 2.75) is 24.3 Å². The molecule has 0 aliphatic rings. The number of nitrogen functional groups attached to an aromatic ring is 1. The number of aryl methyl sites for hydroxylation is 1. The van der Waals surface area contributed by atoms with Gasteiger partial charge in [-0.25, -0.2) is 13.5 Å². The smallest absolute Gasteiger partial charge is 0.299 e. The van der Waals surface area contributed by atoms with Crippen LogP contribution in [0.5, 0.6) is 0 Å². The van der Waals surface area contributed by atoms with Crippen LogP contribution in [0.15, 0.2) is 29.4 Å². The average molecular weight is 270 g/mol. The van der Waals surface area contributed by atoms with E-state index in [1.165, 1.54) is 11.8 Å². The molecule has 0 atom stereocenters. The normalized spacial score (nSPS) is 11.1. The van der Waals surface area contributed by atoms with Gasteiger partial charge in [0.15, 0.2) is 0 Å². The highest BCUT2D eigenvalue weighted by molar-refractivity contribution is 7.98. The zero-order valence-corrected chi connectivity index (χ0v) is 10.5. The maximum Gasteiger partial charge on any atom is 0.299 e. The molecule has 96 valence electrons. The highest BCUT2D eigenvalue weighted by atomic mass is 32.2. The minimum atomic E-state index is -2.71. The molecule has 1 heterocycles. The fourth-order valence-electron chi connectivity index (χ4n) is 1.49. The Morgan fingerprint density at radius 2 is 2.17 bits per heavy atom. The maximum absolute atomic E-state index is 12.4. The number of aromatic nitrogens is 3. The van der Waals surface area contributed by atoms with Gasteiger partial charge in [-0.05, 0) is 12.5 Å². The molecule has 2 rings (SSSR count). The second-order valence-corrected chi connectivity index (χ2v) is 4.73. The predicted octanol–water partition coefficient (Wildman–Crippen LogP) is 2.53. The van der Waals surface area contributed by atoms with E-state index in [-0.39, 0.29) is 5.16 Å². The SMILES string of the molecule is Cc1cccc(CSc2nnc(C(F)F)n2N)c1. The monoisotopic (exact) mass is 270 g/mol. The first kappa shape index (κ1) is 12.8. The van der Waals surface area contributed by atoms with E-state index in [2.05, 4.69) is 10.2 Å². The first-order valence-electron chi connectivity index (χ1n) is 5.25. The lowest BCUT2D eigenvalue weighted by Crippen LogP contribution is -2.14. The first-order chi connectivity index (χ1) is 8.58. The summed E-state index contributed by atoms with van der Waals surface area (Å²) in [4.78, 5) is 0. The molecule has 1 aromatic heterocycles. The molecule has 0 unspecified atom stereocenters. The van der Waals surface area contributed by atoms with Gasteiger partial charge in [0.2, 0.25) is 11.0 Å². The zero-order chi connectivity index (χ0) is 13.1. The number of halogens is 2. The second kappa shape index (κ2) is 5.34. The third kappa shape index (κ3) is 2.79. The Morgan fingerprint density at radius 3 is 2.78 bits per heavy atom. The van der Waals surface area contributed by atoms with E-state index in [0.29, 0.717) is 5.75 Å². The molecule has 4 nitrogen and oxygen atoms in total. The summed E-state index contributed by atoms with van der Waals surface area (Å²) in [6.45, 7) is 1.99. The standard InChI is InChI=1S/C11H12F2N4S/c1-7-3-2-4-8(5-7)6-18-11-16-15-10(9(12)13)17(11)14/h2-5,9H,6,14H2,1H3. The topological polar surface area (TPSA) is 56.7 Å². The fraction of sp³-hybridized carbons (Fsp3) is 0.273. The van der Waals surface area contributed by atoms with Crippen LogP contribution in [0.1, 0.15) is 23.4 Å². The summed E-state index contributed by atoms with van der Waals surface area (Å²) >= 11 is 1.28. The van der Waals surface area contributed by atoms with Crippen LogP contribution in [0, 0.1) is 6.92 Å². The van der Waals surface area contributed by atoms with Gasteiger partial charge in [0.25, 0.3) is 6.43 Å². The lowest BCUT2D eigenvalue weighted by Gasteiger charge is -2.03. The van der Waals surface area contributed by atoms with Crippen LogP contribution in [-0.4, -0.2) is 14.9 Å². The number of nitrogens with two attached hydrogens (primary N) is 1. The zero-order valence-electron chi connectivity index (χ0n) is 9.68. The summed E-state index contributed by atoms with van der Waals surface area (Å²) in [6, 6.07) is 7.93. The van der Waals surface area contributed by atoms with Gasteiger partial charge in [-0.15, -0.1) is 10.2 Å². The summed E-state index contributed by atoms with van der Waals surface area (Å²) in [6.07, 6.45) is -2.71. The number of alkyl halides is 2. The molecule has 0 saturated heterocycles. The Bertz CT molecular complexity index is 542. The van der Waals surface area contributed by atoms with E-state index in [9.17, 15) is 8.78 Å². The fourth-order valence-corrected chi connectivity index (χ4v) is 2.29. The van der Waals surface area contributed by atoms with E-state index < -0.39 is 12.2 Å². The Hall–Kier alpha value is -1.63. The molecule has 0 radical (unpaired) electrons. The van der Waals surface area contributed by atoms with Crippen molar-refractivity contribution in [3.63, 3.8) is 0 Å². The van der Waals surface area contributed by atoms with Crippen molar-refractivity contribution in [2.24, 2.45) is 0 Å². The third-order valence-corrected chi connectivity index (χ3v) is 3.35. The molecule has 18 heavy (non-hydrogen) atoms. The van der Waals surface area contributed by atoms with E-state index >= 15 is 0 Å². The Kier molecular flexibility index (Phi) is 3.81. The van der Waals surface area contributed by atoms with Crippen LogP contribution in [0.4, 0.5) is 8.78 Å². The van der Waals surface area contributed by atoms with Gasteiger partial charge in [-0.1, -0.05) is 41.6 Å². The average Bonchev–Trinajstić information content (AvgIpc) is 2.68. The second-order valence-electron chi connectivity index (χ2n) is 3.79. The predicted molar refractivity (Wildman–Crippen MR) is 65.9 cm³/mol. The molecular formula is C11H12F2N4S. The molecule has 0 aliphatic heterocycles. The van der Waals surface area contributed by atoms with Crippen LogP contribution in [0.3, 0.4) is 0 Å². The summed E-state index contributed by atoms with van der Waals surface area (Å²) in [7, 11) is 0. The van der Waals surface area contributed by atoms with E-state index in [1.54, 1.807) is 0 Å². The quantitative estimate of drug-likeness (QED) is 0.685. The van der Waals surface area contributed by atoms with Crippen molar-refractivity contribution in [1.82, 2.24) is 14.9 Å². The largest absolute Gasteiger partial charge is 0.335 e. The van der Waals surface area contributed by atoms with Crippen molar-refractivity contribution in [3.8, 4) is 0 Å². The number of thioether (sulfide) groups is 1. The minimum Gasteiger partial charge on any atom is -0.335 e. The molecule has 0 saturated carbocycles. The van der Waals surface area contributed by atoms with Crippen molar-refractivity contribution in [3.05, 3.63) is 41.2 Å². The molecular weight excluding hydrogens is 258 g/mol. The third-order valence-electron chi connectivity index (χ3n) is 2.34. The Morgan fingerprint density at radius 1 is 1.39 bits per heavy atom. The van der Waals surface area contributed by atoms with Gasteiger partial charge in [0.05, 0.1) is 0 Å². The van der Waals surface area contributed by atoms with Gasteiger partial charge in [-0.2, -0.15) is 0 Å². The highest BCUT2D eigenvalue weighted by Gasteiger charge is 2.18. The minimum absolute atomic E-state index is 0.284. The van der Waals surface area contributed by atoms with Gasteiger partial charge in [0, 0.05) is 5.75 Å². The lowest BCUT2D eigenvalue weighted by atomic mass is 10.2. The van der Waals surface area contributed by atoms with Crippen LogP contribution in [0.2, 0.25) is 0 Å². The van der Waals surface area contributed by atoms with Crippen LogP contribution < -0.4 is 5.84 Å². The van der Waals surface area contributed by atoms with Gasteiger partial charge < -0.3 is 5.84 Å². The van der Waals surface area contributed by atoms with Gasteiger partial charge >= 0.3 is 0 Å². The number of hydrogen-bond donors (Lipinski definition) is 1. The van der Waals surface area contributed by atoms with Crippen molar-refractivity contribution in [2.75, 3.05) is 5.84 Å². The Labute approximate surface area is 107 Å². The molecule has 0 aliphatic carbocycles. The van der Waals surface area contributed by atoms with E-state index in [0.717, 1.165) is 15.8 Å². The maximum atomic E-state index is 12.4. The molecule has 7 heteroatoms. The number of nitrogens with zero attached hydrogens (tertiary/aromatic N) is 3. The van der Waals surface area contributed by atoms with Gasteiger partial charge in [-0.3, -0.25) is 0 Å². The molecule has 0 amide bonds. The van der Waals surface area contributed by atoms with Crippen molar-refractivity contribution >= 4 is 11.8 Å². The Balaban J connectivity index is 2.07. The molecule has 2 N–H and O–H groups in total. The molecule has 1 aromatic carbocycles. The summed E-state index contributed by atoms with van der Waals surface area (Å²) < 4.78 is 25.7. The summed E-state index contributed by atoms with van der Waals surface area (Å²) in [5.74, 6) is 5.59. The number of benzene rings is 1. The molecule has 2 aromatic rings. The van der Waals surface area contributed by atoms with Crippen LogP contribution >= 0.6 is 11.8 Å². The molecule has 0 fully saturated rings. The van der Waals surface area contributed by atoms with E-state index in [1.807, 2.05) is 31.2 Å². The molecule has 0 bridgehead atoms. The van der Waals surface area contributed by atoms with E-state index in [4.69, 9.17) is 5.84 Å². The van der Waals surface area contributed by atoms with Crippen LogP contribution in [0.25, 0.3) is 0 Å². The number of hydrogen-bond acceptors (Lipinski definition) is 4. The van der Waals surface area contributed by atoms with Crippen molar-refractivity contribution < 1.29 is 8.78 Å². The van der Waals surface area contributed by atoms with Crippen molar-refractivity contribution in [1.29, 1.82) is 0 Å². The van der Waals surface area contributed by atoms with Gasteiger partial charge in [0.1, 0.15) is 0 Å². The van der Waals surface area contributed by atoms with Crippen LogP contribution in [-0.2, 0) is 5.75 Å². The summed E-state index contributed by atoms with van der Waals surface area (Å²) in [5, 5.41) is 7.29. The summed E-state index contributed by atoms with van der Waals surface area (Å²) in [5.41, 5.74) is 2.23.